The first-order chi connectivity index (χ1) is 9.71. The van der Waals surface area contributed by atoms with E-state index >= 15 is 0 Å². The SMILES string of the molecule is CC(C)=C(CS(=O)(=O)C1=NOC(C)(C)C1)C1CCCCC1. The molecular formula is C16H27NO3S. The Hall–Kier alpha value is -0.840. The van der Waals surface area contributed by atoms with Crippen LogP contribution in [0.25, 0.3) is 0 Å². The maximum atomic E-state index is 12.6. The standard InChI is InChI=1S/C16H27NO3S/c1-12(2)14(13-8-6-5-7-9-13)11-21(18,19)15-10-16(3,4)20-17-15/h13H,5-11H2,1-4H3. The van der Waals surface area contributed by atoms with E-state index < -0.39 is 15.4 Å². The first-order valence-electron chi connectivity index (χ1n) is 7.85. The monoisotopic (exact) mass is 313 g/mol. The summed E-state index contributed by atoms with van der Waals surface area (Å²) in [6, 6.07) is 0. The topological polar surface area (TPSA) is 55.7 Å². The van der Waals surface area contributed by atoms with Crippen molar-refractivity contribution in [3.63, 3.8) is 0 Å². The van der Waals surface area contributed by atoms with Gasteiger partial charge in [-0.25, -0.2) is 8.42 Å². The molecule has 1 fully saturated rings. The molecule has 1 aliphatic heterocycles. The fraction of sp³-hybridized carbons (Fsp3) is 0.812. The van der Waals surface area contributed by atoms with Crippen molar-refractivity contribution in [3.05, 3.63) is 11.1 Å². The van der Waals surface area contributed by atoms with Crippen LogP contribution >= 0.6 is 0 Å². The molecule has 0 amide bonds. The first kappa shape index (κ1) is 16.5. The predicted molar refractivity (Wildman–Crippen MR) is 86.0 cm³/mol. The Morgan fingerprint density at radius 2 is 1.86 bits per heavy atom. The third-order valence-electron chi connectivity index (χ3n) is 4.42. The van der Waals surface area contributed by atoms with Crippen molar-refractivity contribution < 1.29 is 13.3 Å². The molecule has 0 atom stereocenters. The number of hydrogen-bond acceptors (Lipinski definition) is 4. The quantitative estimate of drug-likeness (QED) is 0.744. The highest BCUT2D eigenvalue weighted by Crippen LogP contribution is 2.33. The van der Waals surface area contributed by atoms with Crippen LogP contribution in [0.3, 0.4) is 0 Å². The zero-order chi connectivity index (χ0) is 15.7. The zero-order valence-electron chi connectivity index (χ0n) is 13.6. The molecule has 5 heteroatoms. The number of sulfone groups is 1. The fourth-order valence-corrected chi connectivity index (χ4v) is 5.00. The molecule has 2 aliphatic rings. The van der Waals surface area contributed by atoms with Crippen molar-refractivity contribution in [2.45, 2.75) is 71.8 Å². The van der Waals surface area contributed by atoms with Gasteiger partial charge in [-0.15, -0.1) is 0 Å². The Balaban J connectivity index is 2.16. The third-order valence-corrected chi connectivity index (χ3v) is 6.04. The zero-order valence-corrected chi connectivity index (χ0v) is 14.4. The van der Waals surface area contributed by atoms with Gasteiger partial charge in [0.25, 0.3) is 0 Å². The molecule has 2 rings (SSSR count). The van der Waals surface area contributed by atoms with Crippen LogP contribution in [0.15, 0.2) is 16.3 Å². The van der Waals surface area contributed by atoms with Gasteiger partial charge in [0.05, 0.1) is 5.75 Å². The van der Waals surface area contributed by atoms with E-state index in [4.69, 9.17) is 4.84 Å². The lowest BCUT2D eigenvalue weighted by Gasteiger charge is -2.26. The minimum absolute atomic E-state index is 0.109. The molecular weight excluding hydrogens is 286 g/mol. The molecule has 0 N–H and O–H groups in total. The minimum Gasteiger partial charge on any atom is -0.389 e. The molecule has 0 radical (unpaired) electrons. The van der Waals surface area contributed by atoms with Crippen LogP contribution in [0.2, 0.25) is 0 Å². The van der Waals surface area contributed by atoms with Crippen LogP contribution < -0.4 is 0 Å². The van der Waals surface area contributed by atoms with Gasteiger partial charge in [-0.05, 0) is 46.5 Å². The van der Waals surface area contributed by atoms with Crippen molar-refractivity contribution >= 4 is 14.9 Å². The van der Waals surface area contributed by atoms with Gasteiger partial charge in [-0.3, -0.25) is 0 Å². The molecule has 0 unspecified atom stereocenters. The van der Waals surface area contributed by atoms with Gasteiger partial charge in [0.1, 0.15) is 5.60 Å². The van der Waals surface area contributed by atoms with E-state index in [1.165, 1.54) is 19.3 Å². The van der Waals surface area contributed by atoms with Crippen molar-refractivity contribution in [2.24, 2.45) is 11.1 Å². The molecule has 0 aromatic carbocycles. The summed E-state index contributed by atoms with van der Waals surface area (Å²) in [5, 5.41) is 4.03. The molecule has 0 spiro atoms. The molecule has 4 nitrogen and oxygen atoms in total. The smallest absolute Gasteiger partial charge is 0.198 e. The molecule has 0 saturated heterocycles. The van der Waals surface area contributed by atoms with Gasteiger partial charge >= 0.3 is 0 Å². The largest absolute Gasteiger partial charge is 0.389 e. The summed E-state index contributed by atoms with van der Waals surface area (Å²) < 4.78 is 25.3. The minimum atomic E-state index is -3.36. The molecule has 1 saturated carbocycles. The average molecular weight is 313 g/mol. The second-order valence-corrected chi connectivity index (χ2v) is 9.12. The Bertz CT molecular complexity index is 548. The van der Waals surface area contributed by atoms with Gasteiger partial charge in [0.2, 0.25) is 0 Å². The number of oxime groups is 1. The first-order valence-corrected chi connectivity index (χ1v) is 9.50. The maximum Gasteiger partial charge on any atom is 0.198 e. The van der Waals surface area contributed by atoms with Crippen LogP contribution in [-0.4, -0.2) is 24.8 Å². The summed E-state index contributed by atoms with van der Waals surface area (Å²) in [4.78, 5) is 5.22. The van der Waals surface area contributed by atoms with E-state index in [-0.39, 0.29) is 10.8 Å². The van der Waals surface area contributed by atoms with Gasteiger partial charge < -0.3 is 4.84 Å². The summed E-state index contributed by atoms with van der Waals surface area (Å²) in [5.41, 5.74) is 1.74. The lowest BCUT2D eigenvalue weighted by Crippen LogP contribution is -2.26. The van der Waals surface area contributed by atoms with Crippen LogP contribution in [0, 0.1) is 5.92 Å². The molecule has 0 aromatic rings. The molecule has 21 heavy (non-hydrogen) atoms. The van der Waals surface area contributed by atoms with Gasteiger partial charge in [-0.1, -0.05) is 35.6 Å². The molecule has 120 valence electrons. The van der Waals surface area contributed by atoms with E-state index in [1.807, 2.05) is 27.7 Å². The lowest BCUT2D eigenvalue weighted by atomic mass is 9.83. The fourth-order valence-electron chi connectivity index (χ4n) is 3.18. The molecule has 0 bridgehead atoms. The maximum absolute atomic E-state index is 12.6. The van der Waals surface area contributed by atoms with Crippen molar-refractivity contribution in [1.29, 1.82) is 0 Å². The predicted octanol–water partition coefficient (Wildman–Crippen LogP) is 3.83. The second-order valence-electron chi connectivity index (χ2n) is 7.13. The van der Waals surface area contributed by atoms with E-state index in [1.54, 1.807) is 0 Å². The van der Waals surface area contributed by atoms with Crippen LogP contribution in [0.5, 0.6) is 0 Å². The van der Waals surface area contributed by atoms with E-state index in [9.17, 15) is 8.42 Å². The molecule has 1 heterocycles. The highest BCUT2D eigenvalue weighted by Gasteiger charge is 2.37. The number of hydrogen-bond donors (Lipinski definition) is 0. The highest BCUT2D eigenvalue weighted by molar-refractivity contribution is 8.06. The van der Waals surface area contributed by atoms with Crippen LogP contribution in [0.1, 0.15) is 66.2 Å². The summed E-state index contributed by atoms with van der Waals surface area (Å²) in [6.07, 6.45) is 6.29. The van der Waals surface area contributed by atoms with E-state index in [2.05, 4.69) is 5.16 Å². The Morgan fingerprint density at radius 3 is 2.33 bits per heavy atom. The van der Waals surface area contributed by atoms with Gasteiger partial charge in [-0.2, -0.15) is 0 Å². The number of nitrogens with zero attached hydrogens (tertiary/aromatic N) is 1. The van der Waals surface area contributed by atoms with Crippen molar-refractivity contribution in [2.75, 3.05) is 5.75 Å². The molecule has 1 aliphatic carbocycles. The average Bonchev–Trinajstić information content (AvgIpc) is 2.78. The van der Waals surface area contributed by atoms with Crippen molar-refractivity contribution in [1.82, 2.24) is 0 Å². The van der Waals surface area contributed by atoms with Crippen molar-refractivity contribution in [3.8, 4) is 0 Å². The summed E-state index contributed by atoms with van der Waals surface area (Å²) in [6.45, 7) is 7.77. The van der Waals surface area contributed by atoms with Gasteiger partial charge in [0.15, 0.2) is 14.9 Å². The number of allylic oxidation sites excluding steroid dienone is 1. The number of rotatable bonds is 3. The Labute approximate surface area is 128 Å². The summed E-state index contributed by atoms with van der Waals surface area (Å²) >= 11 is 0. The summed E-state index contributed by atoms with van der Waals surface area (Å²) in [5.74, 6) is 0.535. The van der Waals surface area contributed by atoms with E-state index in [0.29, 0.717) is 12.3 Å². The Morgan fingerprint density at radius 1 is 1.24 bits per heavy atom. The van der Waals surface area contributed by atoms with Crippen LogP contribution in [-0.2, 0) is 14.7 Å². The van der Waals surface area contributed by atoms with Crippen LogP contribution in [0.4, 0.5) is 0 Å². The second kappa shape index (κ2) is 6.11. The molecule has 0 aromatic heterocycles. The Kier molecular flexibility index (Phi) is 4.81. The lowest BCUT2D eigenvalue weighted by molar-refractivity contribution is 0.0123. The summed E-state index contributed by atoms with van der Waals surface area (Å²) in [7, 11) is -3.36. The highest BCUT2D eigenvalue weighted by atomic mass is 32.2. The van der Waals surface area contributed by atoms with Gasteiger partial charge in [0, 0.05) is 6.42 Å². The third kappa shape index (κ3) is 4.09. The normalized spacial score (nSPS) is 22.6. The van der Waals surface area contributed by atoms with E-state index in [0.717, 1.165) is 24.0 Å².